The van der Waals surface area contributed by atoms with Crippen molar-refractivity contribution in [2.45, 2.75) is 11.4 Å². The summed E-state index contributed by atoms with van der Waals surface area (Å²) in [6, 6.07) is 15.4. The van der Waals surface area contributed by atoms with E-state index in [1.807, 2.05) is 0 Å². The van der Waals surface area contributed by atoms with Crippen molar-refractivity contribution in [1.29, 1.82) is 0 Å². The Morgan fingerprint density at radius 1 is 1.08 bits per heavy atom. The minimum absolute atomic E-state index is 0.301. The van der Waals surface area contributed by atoms with Gasteiger partial charge in [-0.15, -0.1) is 0 Å². The van der Waals surface area contributed by atoms with Crippen LogP contribution >= 0.6 is 19.2 Å². The van der Waals surface area contributed by atoms with E-state index in [9.17, 15) is 9.36 Å². The highest BCUT2D eigenvalue weighted by Gasteiger charge is 2.74. The predicted molar refractivity (Wildman–Crippen MR) is 90.4 cm³/mol. The molecule has 0 saturated carbocycles. The minimum atomic E-state index is -3.78. The molecule has 3 rings (SSSR count). The van der Waals surface area contributed by atoms with Gasteiger partial charge in [0, 0.05) is 30.4 Å². The minimum Gasteiger partial charge on any atom is -0.339 e. The third kappa shape index (κ3) is 2.53. The smallest absolute Gasteiger partial charge is 0.339 e. The number of rotatable bonds is 6. The van der Waals surface area contributed by atoms with Gasteiger partial charge in [0.25, 0.3) is 0 Å². The largest absolute Gasteiger partial charge is 0.369 e. The van der Waals surface area contributed by atoms with Crippen molar-refractivity contribution in [2.75, 3.05) is 14.2 Å². The molecule has 126 valence electrons. The van der Waals surface area contributed by atoms with Crippen LogP contribution in [0.25, 0.3) is 0 Å². The molecule has 1 aliphatic heterocycles. The summed E-state index contributed by atoms with van der Waals surface area (Å²) >= 11 is 6.26. The number of hydrogen-bond donors (Lipinski definition) is 0. The zero-order chi connectivity index (χ0) is 17.4. The summed E-state index contributed by atoms with van der Waals surface area (Å²) in [6.45, 7) is 0. The predicted octanol–water partition coefficient (Wildman–Crippen LogP) is 4.26. The lowest BCUT2D eigenvalue weighted by molar-refractivity contribution is 0.0953. The topological polar surface area (TPSA) is 65.1 Å². The molecule has 1 aliphatic rings. The molecule has 5 nitrogen and oxygen atoms in total. The molecular formula is C17H16ClO5P. The van der Waals surface area contributed by atoms with Crippen LogP contribution in [0.15, 0.2) is 54.6 Å². The number of Topliss-reactive ketones (excluding diaryl/α,β-unsaturated/α-hetero) is 1. The molecule has 0 bridgehead atoms. The van der Waals surface area contributed by atoms with Crippen LogP contribution in [0.5, 0.6) is 0 Å². The summed E-state index contributed by atoms with van der Waals surface area (Å²) in [4.78, 5) is 12.8. The van der Waals surface area contributed by atoms with Crippen LogP contribution in [-0.4, -0.2) is 26.1 Å². The van der Waals surface area contributed by atoms with E-state index < -0.39 is 19.0 Å². The first-order valence-electron chi connectivity index (χ1n) is 7.24. The highest BCUT2D eigenvalue weighted by molar-refractivity contribution is 7.55. The number of carbonyl (C=O) groups is 1. The molecule has 2 aromatic carbocycles. The molecule has 24 heavy (non-hydrogen) atoms. The molecule has 2 atom stereocenters. The lowest BCUT2D eigenvalue weighted by Crippen LogP contribution is -2.22. The maximum absolute atomic E-state index is 13.2. The average molecular weight is 367 g/mol. The van der Waals surface area contributed by atoms with Gasteiger partial charge in [-0.2, -0.15) is 0 Å². The number of benzene rings is 2. The van der Waals surface area contributed by atoms with Crippen molar-refractivity contribution < 1.29 is 23.1 Å². The first kappa shape index (κ1) is 17.3. The first-order valence-corrected chi connectivity index (χ1v) is 9.16. The Hall–Kier alpha value is -1.49. The highest BCUT2D eigenvalue weighted by atomic mass is 35.5. The number of carbonyl (C=O) groups excluding carboxylic acids is 1. The Labute approximate surface area is 145 Å². The molecule has 1 heterocycles. The fourth-order valence-corrected chi connectivity index (χ4v) is 4.95. The molecule has 7 heteroatoms. The third-order valence-electron chi connectivity index (χ3n) is 4.04. The van der Waals surface area contributed by atoms with Crippen LogP contribution in [0.1, 0.15) is 15.9 Å². The Balaban J connectivity index is 2.09. The molecule has 0 spiro atoms. The van der Waals surface area contributed by atoms with E-state index in [0.29, 0.717) is 16.1 Å². The van der Waals surface area contributed by atoms with E-state index in [4.69, 9.17) is 25.4 Å². The molecule has 1 fully saturated rings. The molecule has 0 unspecified atom stereocenters. The first-order chi connectivity index (χ1) is 11.5. The highest BCUT2D eigenvalue weighted by Crippen LogP contribution is 2.75. The van der Waals surface area contributed by atoms with Crippen LogP contribution in [-0.2, 0) is 23.7 Å². The van der Waals surface area contributed by atoms with Crippen molar-refractivity contribution >= 4 is 25.0 Å². The Bertz CT molecular complexity index is 802. The van der Waals surface area contributed by atoms with Gasteiger partial charge in [-0.05, 0) is 6.07 Å². The van der Waals surface area contributed by atoms with Gasteiger partial charge < -0.3 is 13.8 Å². The molecule has 0 amide bonds. The van der Waals surface area contributed by atoms with Crippen molar-refractivity contribution in [3.05, 3.63) is 70.7 Å². The molecule has 0 aliphatic carbocycles. The summed E-state index contributed by atoms with van der Waals surface area (Å²) in [5.74, 6) is -0.301. The van der Waals surface area contributed by atoms with Gasteiger partial charge in [-0.3, -0.25) is 9.36 Å². The zero-order valence-corrected chi connectivity index (χ0v) is 14.8. The van der Waals surface area contributed by atoms with Gasteiger partial charge in [0.15, 0.2) is 11.9 Å². The monoisotopic (exact) mass is 366 g/mol. The lowest BCUT2D eigenvalue weighted by atomic mass is 10.0. The van der Waals surface area contributed by atoms with Gasteiger partial charge in [-0.25, -0.2) is 0 Å². The Morgan fingerprint density at radius 2 is 1.67 bits per heavy atom. The molecule has 0 N–H and O–H groups in total. The van der Waals surface area contributed by atoms with Gasteiger partial charge in [0.1, 0.15) is 0 Å². The number of hydrogen-bond acceptors (Lipinski definition) is 5. The second-order valence-electron chi connectivity index (χ2n) is 5.27. The molecule has 2 aromatic rings. The molecular weight excluding hydrogens is 351 g/mol. The quantitative estimate of drug-likeness (QED) is 0.434. The number of epoxide rings is 1. The standard InChI is InChI=1S/C17H16ClO5P/c1-21-24(20,22-2)17(13-10-6-7-11-14(13)18)16(23-17)15(19)12-8-4-3-5-9-12/h3-11,16H,1-2H3/t16-,17+/m1/s1. The third-order valence-corrected chi connectivity index (χ3v) is 6.72. The fourth-order valence-electron chi connectivity index (χ4n) is 2.79. The molecule has 0 aromatic heterocycles. The van der Waals surface area contributed by atoms with Crippen molar-refractivity contribution in [2.24, 2.45) is 0 Å². The summed E-state index contributed by atoms with van der Waals surface area (Å²) in [5, 5.41) is -1.21. The average Bonchev–Trinajstić information content (AvgIpc) is 3.38. The van der Waals surface area contributed by atoms with Gasteiger partial charge >= 0.3 is 7.60 Å². The van der Waals surface area contributed by atoms with E-state index in [2.05, 4.69) is 0 Å². The number of halogens is 1. The van der Waals surface area contributed by atoms with Crippen LogP contribution in [0, 0.1) is 0 Å². The van der Waals surface area contributed by atoms with Crippen molar-refractivity contribution in [1.82, 2.24) is 0 Å². The molecule has 1 saturated heterocycles. The molecule has 0 radical (unpaired) electrons. The lowest BCUT2D eigenvalue weighted by Gasteiger charge is -2.22. The van der Waals surface area contributed by atoms with Crippen molar-refractivity contribution in [3.63, 3.8) is 0 Å². The second kappa shape index (κ2) is 6.43. The van der Waals surface area contributed by atoms with Gasteiger partial charge in [0.05, 0.1) is 0 Å². The summed E-state index contributed by atoms with van der Waals surface area (Å²) in [6.07, 6.45) is -0.995. The fraction of sp³-hybridized carbons (Fsp3) is 0.235. The maximum Gasteiger partial charge on any atom is 0.369 e. The normalized spacial score (nSPS) is 23.0. The Morgan fingerprint density at radius 3 is 2.25 bits per heavy atom. The zero-order valence-electron chi connectivity index (χ0n) is 13.1. The van der Waals surface area contributed by atoms with Crippen LogP contribution < -0.4 is 0 Å². The second-order valence-corrected chi connectivity index (χ2v) is 8.06. The van der Waals surface area contributed by atoms with Crippen molar-refractivity contribution in [3.8, 4) is 0 Å². The van der Waals surface area contributed by atoms with E-state index in [-0.39, 0.29) is 5.78 Å². The number of ether oxygens (including phenoxy) is 1. The Kier molecular flexibility index (Phi) is 4.65. The summed E-state index contributed by atoms with van der Waals surface area (Å²) in [7, 11) is -1.26. The van der Waals surface area contributed by atoms with Crippen LogP contribution in [0.4, 0.5) is 0 Å². The van der Waals surface area contributed by atoms with Crippen LogP contribution in [0.3, 0.4) is 0 Å². The SMILES string of the molecule is COP(=O)(OC)[C@]1(c2ccccc2Cl)O[C@@H]1C(=O)c1ccccc1. The van der Waals surface area contributed by atoms with E-state index in [0.717, 1.165) is 0 Å². The summed E-state index contributed by atoms with van der Waals surface area (Å²) in [5.41, 5.74) is 0.864. The van der Waals surface area contributed by atoms with Crippen LogP contribution in [0.2, 0.25) is 5.02 Å². The van der Waals surface area contributed by atoms with E-state index in [1.54, 1.807) is 54.6 Å². The van der Waals surface area contributed by atoms with E-state index >= 15 is 0 Å². The number of ketones is 1. The van der Waals surface area contributed by atoms with E-state index in [1.165, 1.54) is 14.2 Å². The summed E-state index contributed by atoms with van der Waals surface area (Å²) < 4.78 is 29.1. The van der Waals surface area contributed by atoms with Gasteiger partial charge in [-0.1, -0.05) is 60.1 Å². The maximum atomic E-state index is 13.2. The van der Waals surface area contributed by atoms with Gasteiger partial charge in [0.2, 0.25) is 5.34 Å².